The molecule has 0 fully saturated rings. The van der Waals surface area contributed by atoms with Crippen molar-refractivity contribution in [1.29, 1.82) is 0 Å². The van der Waals surface area contributed by atoms with Crippen LogP contribution in [0, 0.1) is 0 Å². The summed E-state index contributed by atoms with van der Waals surface area (Å²) in [5.74, 6) is 1.10. The lowest BCUT2D eigenvalue weighted by atomic mass is 10.0. The van der Waals surface area contributed by atoms with Gasteiger partial charge in [0.25, 0.3) is 5.91 Å². The van der Waals surface area contributed by atoms with Crippen LogP contribution >= 0.6 is 0 Å². The normalized spacial score (nSPS) is 10.8. The quantitative estimate of drug-likeness (QED) is 0.399. The first-order valence-corrected chi connectivity index (χ1v) is 11.6. The highest BCUT2D eigenvalue weighted by molar-refractivity contribution is 6.04. The fourth-order valence-electron chi connectivity index (χ4n) is 3.64. The van der Waals surface area contributed by atoms with Crippen LogP contribution in [-0.4, -0.2) is 44.2 Å². The minimum absolute atomic E-state index is 0.165. The molecule has 0 aliphatic heterocycles. The SMILES string of the molecule is CCc1ccc(-c2ccc(C(=O)Nc3ccc(OC)c(OCCN(CC)CC)c3)cc2)cc1. The second-order valence-electron chi connectivity index (χ2n) is 7.82. The first-order valence-electron chi connectivity index (χ1n) is 11.6. The summed E-state index contributed by atoms with van der Waals surface area (Å²) in [4.78, 5) is 15.1. The van der Waals surface area contributed by atoms with E-state index in [1.807, 2.05) is 42.5 Å². The molecular weight excluding hydrogens is 412 g/mol. The van der Waals surface area contributed by atoms with Crippen LogP contribution in [0.2, 0.25) is 0 Å². The van der Waals surface area contributed by atoms with Crippen molar-refractivity contribution < 1.29 is 14.3 Å². The zero-order valence-electron chi connectivity index (χ0n) is 20.1. The van der Waals surface area contributed by atoms with Gasteiger partial charge in [0.15, 0.2) is 11.5 Å². The van der Waals surface area contributed by atoms with Crippen molar-refractivity contribution in [3.63, 3.8) is 0 Å². The number of benzene rings is 3. The van der Waals surface area contributed by atoms with E-state index in [1.165, 1.54) is 5.56 Å². The van der Waals surface area contributed by atoms with Crippen LogP contribution < -0.4 is 14.8 Å². The van der Waals surface area contributed by atoms with Crippen molar-refractivity contribution in [3.05, 3.63) is 77.9 Å². The van der Waals surface area contributed by atoms with Crippen molar-refractivity contribution in [2.75, 3.05) is 38.7 Å². The molecule has 0 heterocycles. The maximum absolute atomic E-state index is 12.8. The Hall–Kier alpha value is -3.31. The van der Waals surface area contributed by atoms with Crippen molar-refractivity contribution in [2.45, 2.75) is 27.2 Å². The van der Waals surface area contributed by atoms with Gasteiger partial charge in [0, 0.05) is 23.9 Å². The zero-order chi connectivity index (χ0) is 23.6. The third kappa shape index (κ3) is 6.59. The van der Waals surface area contributed by atoms with Gasteiger partial charge in [-0.3, -0.25) is 4.79 Å². The van der Waals surface area contributed by atoms with Crippen LogP contribution in [0.3, 0.4) is 0 Å². The Morgan fingerprint density at radius 2 is 1.48 bits per heavy atom. The Kier molecular flexibility index (Phi) is 8.90. The summed E-state index contributed by atoms with van der Waals surface area (Å²) in [6.07, 6.45) is 1.02. The largest absolute Gasteiger partial charge is 0.493 e. The predicted octanol–water partition coefficient (Wildman–Crippen LogP) is 5.90. The van der Waals surface area contributed by atoms with E-state index < -0.39 is 0 Å². The summed E-state index contributed by atoms with van der Waals surface area (Å²) in [5, 5.41) is 2.96. The summed E-state index contributed by atoms with van der Waals surface area (Å²) in [6.45, 7) is 9.76. The van der Waals surface area contributed by atoms with E-state index in [2.05, 4.69) is 55.3 Å². The summed E-state index contributed by atoms with van der Waals surface area (Å²) in [5.41, 5.74) is 4.80. The fourth-order valence-corrected chi connectivity index (χ4v) is 3.64. The maximum atomic E-state index is 12.8. The molecule has 0 radical (unpaired) electrons. The van der Waals surface area contributed by atoms with Gasteiger partial charge in [-0.25, -0.2) is 0 Å². The summed E-state index contributed by atoms with van der Waals surface area (Å²) in [7, 11) is 1.61. The molecule has 0 aliphatic carbocycles. The topological polar surface area (TPSA) is 50.8 Å². The number of ether oxygens (including phenoxy) is 2. The van der Waals surface area contributed by atoms with Gasteiger partial charge in [0.2, 0.25) is 0 Å². The standard InChI is InChI=1S/C28H34N2O3/c1-5-21-8-10-22(11-9-21)23-12-14-24(15-13-23)28(31)29-25-16-17-26(32-4)27(20-25)33-19-18-30(6-2)7-3/h8-17,20H,5-7,18-19H2,1-4H3,(H,29,31). The number of nitrogens with one attached hydrogen (secondary N) is 1. The van der Waals surface area contributed by atoms with E-state index in [0.717, 1.165) is 37.2 Å². The van der Waals surface area contributed by atoms with Gasteiger partial charge in [0.1, 0.15) is 6.61 Å². The number of rotatable bonds is 11. The molecule has 0 spiro atoms. The van der Waals surface area contributed by atoms with Gasteiger partial charge in [0.05, 0.1) is 7.11 Å². The molecule has 3 aromatic rings. The lowest BCUT2D eigenvalue weighted by Gasteiger charge is -2.19. The Morgan fingerprint density at radius 1 is 0.848 bits per heavy atom. The van der Waals surface area contributed by atoms with Gasteiger partial charge in [-0.05, 0) is 60.5 Å². The molecule has 1 amide bonds. The van der Waals surface area contributed by atoms with E-state index in [0.29, 0.717) is 29.4 Å². The van der Waals surface area contributed by atoms with Gasteiger partial charge in [-0.15, -0.1) is 0 Å². The smallest absolute Gasteiger partial charge is 0.255 e. The maximum Gasteiger partial charge on any atom is 0.255 e. The zero-order valence-corrected chi connectivity index (χ0v) is 20.1. The molecule has 5 heteroatoms. The lowest BCUT2D eigenvalue weighted by molar-refractivity contribution is 0.102. The molecule has 0 aliphatic rings. The van der Waals surface area contributed by atoms with E-state index in [1.54, 1.807) is 7.11 Å². The number of likely N-dealkylation sites (N-methyl/N-ethyl adjacent to an activating group) is 1. The first kappa shape index (κ1) is 24.3. The monoisotopic (exact) mass is 446 g/mol. The fraction of sp³-hybridized carbons (Fsp3) is 0.321. The highest BCUT2D eigenvalue weighted by Crippen LogP contribution is 2.30. The predicted molar refractivity (Wildman–Crippen MR) is 135 cm³/mol. The highest BCUT2D eigenvalue weighted by atomic mass is 16.5. The first-order chi connectivity index (χ1) is 16.1. The van der Waals surface area contributed by atoms with Crippen LogP contribution in [0.25, 0.3) is 11.1 Å². The lowest BCUT2D eigenvalue weighted by Crippen LogP contribution is -2.28. The van der Waals surface area contributed by atoms with Gasteiger partial charge in [-0.1, -0.05) is 57.2 Å². The molecule has 0 atom stereocenters. The average Bonchev–Trinajstić information content (AvgIpc) is 2.87. The van der Waals surface area contributed by atoms with E-state index in [-0.39, 0.29) is 5.91 Å². The number of carbonyl (C=O) groups is 1. The Morgan fingerprint density at radius 3 is 2.06 bits per heavy atom. The molecule has 174 valence electrons. The minimum atomic E-state index is -0.165. The second kappa shape index (κ2) is 12.1. The number of hydrogen-bond donors (Lipinski definition) is 1. The van der Waals surface area contributed by atoms with E-state index in [4.69, 9.17) is 9.47 Å². The second-order valence-corrected chi connectivity index (χ2v) is 7.82. The molecule has 3 aromatic carbocycles. The van der Waals surface area contributed by atoms with Gasteiger partial charge < -0.3 is 19.7 Å². The van der Waals surface area contributed by atoms with E-state index >= 15 is 0 Å². The van der Waals surface area contributed by atoms with Crippen molar-refractivity contribution >= 4 is 11.6 Å². The Labute approximate surface area is 197 Å². The van der Waals surface area contributed by atoms with Crippen LogP contribution in [0.1, 0.15) is 36.7 Å². The number of amides is 1. The highest BCUT2D eigenvalue weighted by Gasteiger charge is 2.11. The summed E-state index contributed by atoms with van der Waals surface area (Å²) < 4.78 is 11.4. The summed E-state index contributed by atoms with van der Waals surface area (Å²) in [6, 6.07) is 21.6. The number of carbonyl (C=O) groups excluding carboxylic acids is 1. The number of methoxy groups -OCH3 is 1. The molecule has 0 bridgehead atoms. The van der Waals surface area contributed by atoms with Crippen LogP contribution in [0.5, 0.6) is 11.5 Å². The van der Waals surface area contributed by atoms with Crippen molar-refractivity contribution in [1.82, 2.24) is 4.90 Å². The minimum Gasteiger partial charge on any atom is -0.493 e. The molecule has 5 nitrogen and oxygen atoms in total. The molecule has 3 rings (SSSR count). The molecule has 1 N–H and O–H groups in total. The third-order valence-corrected chi connectivity index (χ3v) is 5.82. The molecule has 0 saturated heterocycles. The van der Waals surface area contributed by atoms with Gasteiger partial charge in [-0.2, -0.15) is 0 Å². The number of hydrogen-bond acceptors (Lipinski definition) is 4. The molecule has 0 aromatic heterocycles. The molecule has 0 unspecified atom stereocenters. The number of nitrogens with zero attached hydrogens (tertiary/aromatic N) is 1. The number of anilines is 1. The average molecular weight is 447 g/mol. The van der Waals surface area contributed by atoms with Crippen molar-refractivity contribution in [3.8, 4) is 22.6 Å². The Balaban J connectivity index is 1.66. The molecule has 33 heavy (non-hydrogen) atoms. The Bertz CT molecular complexity index is 1030. The molecule has 0 saturated carbocycles. The van der Waals surface area contributed by atoms with Crippen LogP contribution in [0.15, 0.2) is 66.7 Å². The van der Waals surface area contributed by atoms with Crippen molar-refractivity contribution in [2.24, 2.45) is 0 Å². The van der Waals surface area contributed by atoms with Crippen LogP contribution in [0.4, 0.5) is 5.69 Å². The van der Waals surface area contributed by atoms with E-state index in [9.17, 15) is 4.79 Å². The molecular formula is C28H34N2O3. The van der Waals surface area contributed by atoms with Crippen LogP contribution in [-0.2, 0) is 6.42 Å². The third-order valence-electron chi connectivity index (χ3n) is 5.82. The van der Waals surface area contributed by atoms with Gasteiger partial charge >= 0.3 is 0 Å². The summed E-state index contributed by atoms with van der Waals surface area (Å²) >= 11 is 0. The number of aryl methyl sites for hydroxylation is 1.